The molecule has 3 N–H and O–H groups in total. The van der Waals surface area contributed by atoms with Crippen molar-refractivity contribution in [3.8, 4) is 0 Å². The number of benzene rings is 1. The Morgan fingerprint density at radius 2 is 2.20 bits per heavy atom. The third-order valence-electron chi connectivity index (χ3n) is 3.71. The van der Waals surface area contributed by atoms with Gasteiger partial charge in [0.25, 0.3) is 11.7 Å². The number of hydrogen-bond acceptors (Lipinski definition) is 6. The van der Waals surface area contributed by atoms with Crippen molar-refractivity contribution in [2.24, 2.45) is 5.73 Å². The second kappa shape index (κ2) is 5.09. The van der Waals surface area contributed by atoms with E-state index in [-0.39, 0.29) is 17.8 Å². The van der Waals surface area contributed by atoms with E-state index in [2.05, 4.69) is 10.3 Å². The quantitative estimate of drug-likeness (QED) is 0.658. The van der Waals surface area contributed by atoms with Crippen molar-refractivity contribution in [3.05, 3.63) is 28.3 Å². The van der Waals surface area contributed by atoms with Crippen LogP contribution in [0.5, 0.6) is 0 Å². The summed E-state index contributed by atoms with van der Waals surface area (Å²) in [4.78, 5) is 14.6. The first-order valence-corrected chi connectivity index (χ1v) is 6.70. The molecule has 0 aliphatic heterocycles. The topological polar surface area (TPSA) is 107 Å². The average molecular weight is 276 g/mol. The van der Waals surface area contributed by atoms with Crippen LogP contribution in [0.4, 0.5) is 11.7 Å². The first-order chi connectivity index (χ1) is 9.63. The lowest BCUT2D eigenvalue weighted by molar-refractivity contribution is -0.384. The second-order valence-corrected chi connectivity index (χ2v) is 5.13. The van der Waals surface area contributed by atoms with Crippen molar-refractivity contribution in [3.63, 3.8) is 0 Å². The summed E-state index contributed by atoms with van der Waals surface area (Å²) in [5, 5.41) is 13.9. The first kappa shape index (κ1) is 12.9. The van der Waals surface area contributed by atoms with Crippen LogP contribution < -0.4 is 11.1 Å². The van der Waals surface area contributed by atoms with Gasteiger partial charge in [-0.1, -0.05) is 12.8 Å². The molecule has 2 unspecified atom stereocenters. The Labute approximate surface area is 115 Å². The van der Waals surface area contributed by atoms with Gasteiger partial charge >= 0.3 is 0 Å². The molecule has 106 valence electrons. The number of aromatic nitrogens is 1. The van der Waals surface area contributed by atoms with Crippen LogP contribution in [0.3, 0.4) is 0 Å². The van der Waals surface area contributed by atoms with Crippen LogP contribution in [-0.2, 0) is 0 Å². The van der Waals surface area contributed by atoms with Crippen LogP contribution in [0.2, 0.25) is 0 Å². The number of non-ortho nitro benzene ring substituents is 1. The molecule has 1 aromatic carbocycles. The molecule has 7 nitrogen and oxygen atoms in total. The predicted molar refractivity (Wildman–Crippen MR) is 74.5 cm³/mol. The van der Waals surface area contributed by atoms with Crippen molar-refractivity contribution >= 4 is 22.8 Å². The van der Waals surface area contributed by atoms with Crippen LogP contribution in [-0.4, -0.2) is 22.0 Å². The summed E-state index contributed by atoms with van der Waals surface area (Å²) in [7, 11) is 0. The number of oxazole rings is 1. The normalized spacial score (nSPS) is 22.9. The summed E-state index contributed by atoms with van der Waals surface area (Å²) in [6, 6.07) is 5.00. The van der Waals surface area contributed by atoms with E-state index < -0.39 is 4.92 Å². The van der Waals surface area contributed by atoms with Gasteiger partial charge in [0.05, 0.1) is 11.0 Å². The van der Waals surface area contributed by atoms with Crippen molar-refractivity contribution in [2.75, 3.05) is 5.32 Å². The largest absolute Gasteiger partial charge is 0.423 e. The standard InChI is InChI=1S/C13H16N4O3/c14-9-3-1-2-4-10(9)15-13-16-11-6-5-8(17(18)19)7-12(11)20-13/h5-7,9-10H,1-4,14H2,(H,15,16). The summed E-state index contributed by atoms with van der Waals surface area (Å²) in [5.74, 6) is 0. The highest BCUT2D eigenvalue weighted by Crippen LogP contribution is 2.26. The molecule has 0 spiro atoms. The van der Waals surface area contributed by atoms with E-state index in [0.717, 1.165) is 25.7 Å². The summed E-state index contributed by atoms with van der Waals surface area (Å²) in [6.45, 7) is 0. The molecule has 20 heavy (non-hydrogen) atoms. The number of anilines is 1. The summed E-state index contributed by atoms with van der Waals surface area (Å²) < 4.78 is 5.53. The fourth-order valence-electron chi connectivity index (χ4n) is 2.59. The second-order valence-electron chi connectivity index (χ2n) is 5.13. The maximum Gasteiger partial charge on any atom is 0.295 e. The zero-order valence-electron chi connectivity index (χ0n) is 10.9. The molecule has 1 aromatic heterocycles. The van der Waals surface area contributed by atoms with Crippen molar-refractivity contribution in [1.82, 2.24) is 4.98 Å². The highest BCUT2D eigenvalue weighted by Gasteiger charge is 2.23. The first-order valence-electron chi connectivity index (χ1n) is 6.70. The molecular weight excluding hydrogens is 260 g/mol. The Morgan fingerprint density at radius 3 is 2.95 bits per heavy atom. The molecule has 1 aliphatic rings. The number of nitro benzene ring substituents is 1. The van der Waals surface area contributed by atoms with Crippen LogP contribution in [0.25, 0.3) is 11.1 Å². The van der Waals surface area contributed by atoms with Gasteiger partial charge < -0.3 is 15.5 Å². The van der Waals surface area contributed by atoms with E-state index in [1.54, 1.807) is 6.07 Å². The molecule has 0 bridgehead atoms. The molecule has 3 rings (SSSR count). The molecule has 2 aromatic rings. The van der Waals surface area contributed by atoms with E-state index in [9.17, 15) is 10.1 Å². The van der Waals surface area contributed by atoms with Gasteiger partial charge in [-0.3, -0.25) is 10.1 Å². The molecule has 1 saturated carbocycles. The van der Waals surface area contributed by atoms with Crippen LogP contribution in [0.15, 0.2) is 22.6 Å². The van der Waals surface area contributed by atoms with E-state index in [1.165, 1.54) is 12.1 Å². The van der Waals surface area contributed by atoms with Crippen LogP contribution in [0, 0.1) is 10.1 Å². The molecule has 1 heterocycles. The molecule has 1 fully saturated rings. The molecule has 7 heteroatoms. The molecular formula is C13H16N4O3. The SMILES string of the molecule is NC1CCCCC1Nc1nc2ccc([N+](=O)[O-])cc2o1. The lowest BCUT2D eigenvalue weighted by atomic mass is 9.91. The number of nitrogens with one attached hydrogen (secondary N) is 1. The minimum absolute atomic E-state index is 0.00503. The van der Waals surface area contributed by atoms with Crippen LogP contribution >= 0.6 is 0 Å². The van der Waals surface area contributed by atoms with Gasteiger partial charge in [0, 0.05) is 18.2 Å². The molecule has 2 atom stereocenters. The van der Waals surface area contributed by atoms with E-state index in [4.69, 9.17) is 10.2 Å². The smallest absolute Gasteiger partial charge is 0.295 e. The lowest BCUT2D eigenvalue weighted by Gasteiger charge is -2.28. The van der Waals surface area contributed by atoms with Gasteiger partial charge in [0.15, 0.2) is 5.58 Å². The Hall–Kier alpha value is -2.15. The lowest BCUT2D eigenvalue weighted by Crippen LogP contribution is -2.42. The zero-order chi connectivity index (χ0) is 14.1. The Kier molecular flexibility index (Phi) is 3.27. The van der Waals surface area contributed by atoms with Gasteiger partial charge in [-0.25, -0.2) is 0 Å². The van der Waals surface area contributed by atoms with Gasteiger partial charge in [-0.2, -0.15) is 4.98 Å². The highest BCUT2D eigenvalue weighted by atomic mass is 16.6. The molecule has 0 radical (unpaired) electrons. The minimum atomic E-state index is -0.452. The third kappa shape index (κ3) is 2.44. The molecule has 0 saturated heterocycles. The van der Waals surface area contributed by atoms with Gasteiger partial charge in [0.1, 0.15) is 5.52 Å². The molecule has 0 amide bonds. The van der Waals surface area contributed by atoms with Gasteiger partial charge in [-0.05, 0) is 18.9 Å². The van der Waals surface area contributed by atoms with Crippen molar-refractivity contribution < 1.29 is 9.34 Å². The van der Waals surface area contributed by atoms with Gasteiger partial charge in [0.2, 0.25) is 0 Å². The summed E-state index contributed by atoms with van der Waals surface area (Å²) in [5.41, 5.74) is 7.07. The van der Waals surface area contributed by atoms with Crippen molar-refractivity contribution in [1.29, 1.82) is 0 Å². The maximum absolute atomic E-state index is 10.7. The molecule has 1 aliphatic carbocycles. The number of nitrogens with two attached hydrogens (primary N) is 1. The average Bonchev–Trinajstić information content (AvgIpc) is 2.82. The van der Waals surface area contributed by atoms with Gasteiger partial charge in [-0.15, -0.1) is 0 Å². The Balaban J connectivity index is 1.83. The number of fused-ring (bicyclic) bond motifs is 1. The predicted octanol–water partition coefficient (Wildman–Crippen LogP) is 2.42. The van der Waals surface area contributed by atoms with Crippen molar-refractivity contribution in [2.45, 2.75) is 37.8 Å². The highest BCUT2D eigenvalue weighted by molar-refractivity contribution is 5.77. The zero-order valence-corrected chi connectivity index (χ0v) is 10.9. The van der Waals surface area contributed by atoms with E-state index >= 15 is 0 Å². The van der Waals surface area contributed by atoms with Crippen LogP contribution in [0.1, 0.15) is 25.7 Å². The fourth-order valence-corrected chi connectivity index (χ4v) is 2.59. The number of nitro groups is 1. The van der Waals surface area contributed by atoms with E-state index in [1.807, 2.05) is 0 Å². The number of nitrogens with zero attached hydrogens (tertiary/aromatic N) is 2. The fraction of sp³-hybridized carbons (Fsp3) is 0.462. The Bertz CT molecular complexity index is 640. The maximum atomic E-state index is 10.7. The summed E-state index contributed by atoms with van der Waals surface area (Å²) >= 11 is 0. The Morgan fingerprint density at radius 1 is 1.40 bits per heavy atom. The summed E-state index contributed by atoms with van der Waals surface area (Å²) in [6.07, 6.45) is 4.26. The number of rotatable bonds is 3. The number of hydrogen-bond donors (Lipinski definition) is 2. The monoisotopic (exact) mass is 276 g/mol. The van der Waals surface area contributed by atoms with E-state index in [0.29, 0.717) is 17.1 Å². The minimum Gasteiger partial charge on any atom is -0.423 e. The third-order valence-corrected chi connectivity index (χ3v) is 3.71.